The van der Waals surface area contributed by atoms with Gasteiger partial charge in [0.25, 0.3) is 0 Å². The summed E-state index contributed by atoms with van der Waals surface area (Å²) in [6.07, 6.45) is 1.42. The molecular weight excluding hydrogens is 476 g/mol. The summed E-state index contributed by atoms with van der Waals surface area (Å²) >= 11 is 5.97. The van der Waals surface area contributed by atoms with Crippen LogP contribution in [0.1, 0.15) is 5.56 Å². The second kappa shape index (κ2) is 10.8. The highest BCUT2D eigenvalue weighted by Gasteiger charge is 2.10. The van der Waals surface area contributed by atoms with Crippen molar-refractivity contribution in [2.75, 3.05) is 6.61 Å². The van der Waals surface area contributed by atoms with Crippen molar-refractivity contribution in [3.63, 3.8) is 0 Å². The third-order valence-electron chi connectivity index (χ3n) is 4.89. The fraction of sp³-hybridized carbons (Fsp3) is 0.130. The molecule has 0 radical (unpaired) electrons. The molecule has 0 atom stereocenters. The molecule has 4 N–H and O–H groups in total. The van der Waals surface area contributed by atoms with E-state index in [1.165, 1.54) is 16.8 Å². The van der Waals surface area contributed by atoms with Gasteiger partial charge in [0.05, 0.1) is 25.4 Å². The molecule has 2 aromatic heterocycles. The Labute approximate surface area is 203 Å². The van der Waals surface area contributed by atoms with E-state index in [1.807, 2.05) is 0 Å². The zero-order chi connectivity index (χ0) is 24.8. The fourth-order valence-electron chi connectivity index (χ4n) is 3.21. The van der Waals surface area contributed by atoms with Crippen LogP contribution in [0.3, 0.4) is 0 Å². The first-order valence-electron chi connectivity index (χ1n) is 10.4. The van der Waals surface area contributed by atoms with Gasteiger partial charge in [-0.3, -0.25) is 9.55 Å². The molecule has 35 heavy (non-hydrogen) atoms. The average molecular weight is 497 g/mol. The lowest BCUT2D eigenvalue weighted by Gasteiger charge is -2.11. The number of ether oxygens (including phenoxy) is 1. The number of pyridine rings is 1. The van der Waals surface area contributed by atoms with Crippen LogP contribution < -0.4 is 27.6 Å². The van der Waals surface area contributed by atoms with Crippen LogP contribution in [-0.4, -0.2) is 30.8 Å². The van der Waals surface area contributed by atoms with Crippen LogP contribution in [0.25, 0.3) is 0 Å². The molecule has 2 heterocycles. The number of aromatic amines is 1. The lowest BCUT2D eigenvalue weighted by atomic mass is 10.2. The summed E-state index contributed by atoms with van der Waals surface area (Å²) in [7, 11) is 0. The van der Waals surface area contributed by atoms with Gasteiger partial charge in [0.15, 0.2) is 0 Å². The Bertz CT molecular complexity index is 1490. The Hall–Kier alpha value is -4.19. The largest absolute Gasteiger partial charge is 0.493 e. The topological polar surface area (TPSA) is 150 Å². The number of hydrogen-bond acceptors (Lipinski definition) is 8. The van der Waals surface area contributed by atoms with Crippen LogP contribution in [-0.2, 0) is 17.9 Å². The van der Waals surface area contributed by atoms with Gasteiger partial charge in [0.2, 0.25) is 11.5 Å². The van der Waals surface area contributed by atoms with E-state index in [0.717, 1.165) is 10.1 Å². The number of rotatable bonds is 8. The van der Waals surface area contributed by atoms with Crippen molar-refractivity contribution in [3.8, 4) is 17.4 Å². The Kier molecular flexibility index (Phi) is 7.41. The monoisotopic (exact) mass is 496 g/mol. The molecule has 0 fully saturated rings. The summed E-state index contributed by atoms with van der Waals surface area (Å²) in [5, 5.41) is 10.0. The minimum absolute atomic E-state index is 0.0167. The minimum Gasteiger partial charge on any atom is -0.493 e. The first-order valence-corrected chi connectivity index (χ1v) is 10.8. The van der Waals surface area contributed by atoms with E-state index >= 15 is 0 Å². The van der Waals surface area contributed by atoms with Crippen LogP contribution in [0.2, 0.25) is 5.02 Å². The number of aromatic nitrogens is 4. The molecule has 0 bridgehead atoms. The summed E-state index contributed by atoms with van der Waals surface area (Å²) in [5.41, 5.74) is 0.101. The van der Waals surface area contributed by atoms with Gasteiger partial charge in [-0.25, -0.2) is 30.0 Å². The highest BCUT2D eigenvalue weighted by atomic mass is 35.5. The molecule has 0 unspecified atom stereocenters. The number of hydrogen-bond donors (Lipinski definition) is 3. The van der Waals surface area contributed by atoms with Crippen LogP contribution in [0.15, 0.2) is 81.4 Å². The molecule has 4 aromatic rings. The molecule has 0 amide bonds. The molecule has 0 aliphatic rings. The van der Waals surface area contributed by atoms with Gasteiger partial charge in [-0.15, -0.1) is 0 Å². The van der Waals surface area contributed by atoms with Crippen LogP contribution in [0, 0.1) is 0 Å². The van der Waals surface area contributed by atoms with Crippen LogP contribution in [0.4, 0.5) is 5.69 Å². The summed E-state index contributed by atoms with van der Waals surface area (Å²) in [5.74, 6) is 5.81. The van der Waals surface area contributed by atoms with Crippen molar-refractivity contribution in [1.29, 1.82) is 0 Å². The van der Waals surface area contributed by atoms with E-state index < -0.39 is 11.4 Å². The maximum atomic E-state index is 13.1. The van der Waals surface area contributed by atoms with E-state index in [2.05, 4.69) is 19.8 Å². The minimum atomic E-state index is -0.643. The maximum Gasteiger partial charge on any atom is 0.335 e. The van der Waals surface area contributed by atoms with Gasteiger partial charge in [-0.2, -0.15) is 0 Å². The zero-order valence-electron chi connectivity index (χ0n) is 18.3. The summed E-state index contributed by atoms with van der Waals surface area (Å²) in [4.78, 5) is 41.1. The van der Waals surface area contributed by atoms with Gasteiger partial charge < -0.3 is 14.7 Å². The molecule has 0 saturated heterocycles. The zero-order valence-corrected chi connectivity index (χ0v) is 19.1. The number of halogens is 1. The first-order chi connectivity index (χ1) is 16.9. The van der Waals surface area contributed by atoms with Crippen LogP contribution >= 0.6 is 11.6 Å². The van der Waals surface area contributed by atoms with Crippen LogP contribution in [0.5, 0.6) is 17.4 Å². The second-order valence-corrected chi connectivity index (χ2v) is 7.77. The van der Waals surface area contributed by atoms with Gasteiger partial charge in [-0.05, 0) is 48.0 Å². The molecule has 0 spiro atoms. The van der Waals surface area contributed by atoms with Crippen molar-refractivity contribution in [3.05, 3.63) is 104 Å². The number of nitrogens with one attached hydrogen (secondary N) is 1. The van der Waals surface area contributed by atoms with Crippen molar-refractivity contribution in [2.24, 2.45) is 10.9 Å². The maximum absolute atomic E-state index is 13.1. The molecule has 4 rings (SSSR count). The summed E-state index contributed by atoms with van der Waals surface area (Å²) < 4.78 is 8.00. The molecule has 0 aliphatic heterocycles. The van der Waals surface area contributed by atoms with Crippen molar-refractivity contribution in [2.45, 2.75) is 13.1 Å². The number of benzene rings is 2. The normalized spacial score (nSPS) is 11.5. The average Bonchev–Trinajstić information content (AvgIpc) is 2.84. The Morgan fingerprint density at radius 2 is 1.77 bits per heavy atom. The van der Waals surface area contributed by atoms with E-state index in [-0.39, 0.29) is 31.2 Å². The van der Waals surface area contributed by atoms with Gasteiger partial charge in [0, 0.05) is 17.3 Å². The highest BCUT2D eigenvalue weighted by Crippen LogP contribution is 2.25. The van der Waals surface area contributed by atoms with Crippen molar-refractivity contribution >= 4 is 17.3 Å². The third-order valence-corrected chi connectivity index (χ3v) is 5.14. The Balaban J connectivity index is 1.71. The van der Waals surface area contributed by atoms with Crippen molar-refractivity contribution < 1.29 is 14.7 Å². The van der Waals surface area contributed by atoms with E-state index in [4.69, 9.17) is 22.2 Å². The lowest BCUT2D eigenvalue weighted by Crippen LogP contribution is -2.50. The predicted octanol–water partition coefficient (Wildman–Crippen LogP) is 2.06. The van der Waals surface area contributed by atoms with Gasteiger partial charge >= 0.3 is 11.4 Å². The molecule has 12 heteroatoms. The standard InChI is InChI=1S/C23H21ClN6O5/c24-16-3-1-15(2-4-16)14-30-21(28-22(32)29(23(30)33)11-12-34-25)27-17-5-7-18(8-6-17)35-19-9-10-26-20(31)13-19/h1-10,13H,11-12,14,25H2,(H,26,31)(H,27,28,32). The first kappa shape index (κ1) is 24.0. The molecule has 180 valence electrons. The number of aromatic hydroxyl groups is 1. The summed E-state index contributed by atoms with van der Waals surface area (Å²) in [6.45, 7) is 0.0983. The van der Waals surface area contributed by atoms with Crippen molar-refractivity contribution in [1.82, 2.24) is 19.1 Å². The lowest BCUT2D eigenvalue weighted by molar-refractivity contribution is 0.127. The molecule has 11 nitrogen and oxygen atoms in total. The fourth-order valence-corrected chi connectivity index (χ4v) is 3.33. The molecular formula is C23H21ClN6O5. The highest BCUT2D eigenvalue weighted by molar-refractivity contribution is 6.30. The number of H-pyrrole nitrogens is 1. The van der Waals surface area contributed by atoms with E-state index in [9.17, 15) is 14.7 Å². The van der Waals surface area contributed by atoms with Gasteiger partial charge in [0.1, 0.15) is 11.5 Å². The van der Waals surface area contributed by atoms with E-state index in [1.54, 1.807) is 54.6 Å². The van der Waals surface area contributed by atoms with Gasteiger partial charge in [-0.1, -0.05) is 23.7 Å². The number of nitrogens with two attached hydrogens (primary N) is 1. The second-order valence-electron chi connectivity index (χ2n) is 7.33. The van der Waals surface area contributed by atoms with E-state index in [0.29, 0.717) is 22.2 Å². The Morgan fingerprint density at radius 1 is 1.03 bits per heavy atom. The molecule has 0 saturated carbocycles. The Morgan fingerprint density at radius 3 is 2.46 bits per heavy atom. The number of nitrogens with zero attached hydrogens (tertiary/aromatic N) is 4. The predicted molar refractivity (Wildman–Crippen MR) is 128 cm³/mol. The third kappa shape index (κ3) is 6.03. The smallest absolute Gasteiger partial charge is 0.335 e. The molecule has 0 aliphatic carbocycles. The quantitative estimate of drug-likeness (QED) is 0.316. The summed E-state index contributed by atoms with van der Waals surface area (Å²) in [6, 6.07) is 16.6. The molecule has 2 aromatic carbocycles. The SMILES string of the molecule is NOCCn1c(=O)[nH]/c(=N\c2ccc(Oc3ccnc(O)c3)cc2)n(Cc2ccc(Cl)cc2)c1=O.